The van der Waals surface area contributed by atoms with Gasteiger partial charge in [-0.3, -0.25) is 14.8 Å². The fraction of sp³-hybridized carbons (Fsp3) is 0.300. The summed E-state index contributed by atoms with van der Waals surface area (Å²) >= 11 is 0. The number of carboxylic acid groups (broad SMARTS) is 1. The number of hydrogen-bond acceptors (Lipinski definition) is 3. The largest absolute Gasteiger partial charge is 0.481 e. The zero-order valence-electron chi connectivity index (χ0n) is 14.0. The number of carbonyl (C=O) groups excluding carboxylic acids is 1. The van der Waals surface area contributed by atoms with Crippen LogP contribution in [0.25, 0.3) is 0 Å². The zero-order valence-corrected chi connectivity index (χ0v) is 14.0. The highest BCUT2D eigenvalue weighted by Gasteiger charge is 2.23. The average molecular weight is 341 g/mol. The number of carboxylic acids is 1. The van der Waals surface area contributed by atoms with Crippen molar-refractivity contribution < 1.29 is 19.9 Å². The third-order valence-electron chi connectivity index (χ3n) is 4.05. The van der Waals surface area contributed by atoms with Crippen molar-refractivity contribution in [3.05, 3.63) is 71.8 Å². The van der Waals surface area contributed by atoms with Gasteiger partial charge in [0.2, 0.25) is 5.91 Å². The molecular formula is C20H23NO4. The van der Waals surface area contributed by atoms with Gasteiger partial charge in [-0.25, -0.2) is 5.06 Å². The first-order valence-electron chi connectivity index (χ1n) is 8.36. The molecule has 0 spiro atoms. The van der Waals surface area contributed by atoms with Crippen LogP contribution in [0.4, 0.5) is 0 Å². The van der Waals surface area contributed by atoms with Crippen LogP contribution in [0, 0.1) is 5.92 Å². The van der Waals surface area contributed by atoms with E-state index in [9.17, 15) is 19.9 Å². The lowest BCUT2D eigenvalue weighted by atomic mass is 9.99. The third-order valence-corrected chi connectivity index (χ3v) is 4.05. The summed E-state index contributed by atoms with van der Waals surface area (Å²) in [5.41, 5.74) is 1.99. The minimum atomic E-state index is -1.03. The van der Waals surface area contributed by atoms with Crippen LogP contribution in [0.1, 0.15) is 24.0 Å². The summed E-state index contributed by atoms with van der Waals surface area (Å²) in [6.45, 7) is -0.214. The Hall–Kier alpha value is -2.66. The molecule has 2 rings (SSSR count). The van der Waals surface area contributed by atoms with E-state index in [2.05, 4.69) is 0 Å². The van der Waals surface area contributed by atoms with E-state index in [-0.39, 0.29) is 19.4 Å². The van der Waals surface area contributed by atoms with Gasteiger partial charge in [0.1, 0.15) is 0 Å². The number of carbonyl (C=O) groups is 2. The standard InChI is InChI=1S/C20H23NO4/c22-19(13-7-12-16-8-3-1-4-9-16)21(25)15-18(20(23)24)14-17-10-5-2-6-11-17/h1-6,8-11,18,25H,7,12-15H2,(H,23,24). The Kier molecular flexibility index (Phi) is 7.16. The predicted octanol–water partition coefficient (Wildman–Crippen LogP) is 3.17. The van der Waals surface area contributed by atoms with Gasteiger partial charge in [-0.15, -0.1) is 0 Å². The first-order valence-corrected chi connectivity index (χ1v) is 8.36. The van der Waals surface area contributed by atoms with Crippen molar-refractivity contribution >= 4 is 11.9 Å². The first-order chi connectivity index (χ1) is 12.1. The summed E-state index contributed by atoms with van der Waals surface area (Å²) in [7, 11) is 0. The van der Waals surface area contributed by atoms with E-state index in [4.69, 9.17) is 0 Å². The molecule has 0 bridgehead atoms. The van der Waals surface area contributed by atoms with Gasteiger partial charge < -0.3 is 5.11 Å². The topological polar surface area (TPSA) is 77.8 Å². The molecule has 1 unspecified atom stereocenters. The van der Waals surface area contributed by atoms with Crippen LogP contribution < -0.4 is 0 Å². The van der Waals surface area contributed by atoms with E-state index in [1.165, 1.54) is 0 Å². The molecule has 25 heavy (non-hydrogen) atoms. The molecule has 0 aliphatic rings. The van der Waals surface area contributed by atoms with E-state index in [1.807, 2.05) is 60.7 Å². The predicted molar refractivity (Wildman–Crippen MR) is 94.2 cm³/mol. The Morgan fingerprint density at radius 1 is 0.920 bits per heavy atom. The fourth-order valence-corrected chi connectivity index (χ4v) is 2.66. The van der Waals surface area contributed by atoms with Crippen LogP contribution in [0.2, 0.25) is 0 Å². The van der Waals surface area contributed by atoms with Crippen LogP contribution >= 0.6 is 0 Å². The van der Waals surface area contributed by atoms with Crippen molar-refractivity contribution in [3.8, 4) is 0 Å². The van der Waals surface area contributed by atoms with Gasteiger partial charge in [0.15, 0.2) is 0 Å². The summed E-state index contributed by atoms with van der Waals surface area (Å²) in [6, 6.07) is 19.0. The smallest absolute Gasteiger partial charge is 0.308 e. The Bertz CT molecular complexity index is 673. The number of aryl methyl sites for hydroxylation is 1. The number of hydrogen-bond donors (Lipinski definition) is 2. The van der Waals surface area contributed by atoms with Crippen LogP contribution in [-0.4, -0.2) is 33.8 Å². The van der Waals surface area contributed by atoms with Gasteiger partial charge in [-0.2, -0.15) is 0 Å². The molecule has 0 fully saturated rings. The minimum absolute atomic E-state index is 0.184. The molecule has 2 N–H and O–H groups in total. The molecule has 2 aromatic rings. The van der Waals surface area contributed by atoms with Crippen molar-refractivity contribution in [1.29, 1.82) is 0 Å². The molecule has 0 aromatic heterocycles. The van der Waals surface area contributed by atoms with Crippen molar-refractivity contribution in [2.75, 3.05) is 6.54 Å². The molecule has 2 aromatic carbocycles. The van der Waals surface area contributed by atoms with Gasteiger partial charge >= 0.3 is 5.97 Å². The number of nitrogens with zero attached hydrogens (tertiary/aromatic N) is 1. The molecule has 5 nitrogen and oxygen atoms in total. The molecule has 0 saturated carbocycles. The van der Waals surface area contributed by atoms with Crippen LogP contribution in [0.3, 0.4) is 0 Å². The molecule has 1 amide bonds. The maximum absolute atomic E-state index is 12.0. The maximum Gasteiger partial charge on any atom is 0.308 e. The Morgan fingerprint density at radius 2 is 1.48 bits per heavy atom. The fourth-order valence-electron chi connectivity index (χ4n) is 2.66. The Labute approximate surface area is 147 Å². The quantitative estimate of drug-likeness (QED) is 0.542. The number of amides is 1. The molecule has 0 aliphatic carbocycles. The molecule has 1 atom stereocenters. The van der Waals surface area contributed by atoms with Crippen molar-refractivity contribution in [2.45, 2.75) is 25.7 Å². The Balaban J connectivity index is 1.81. The van der Waals surface area contributed by atoms with E-state index < -0.39 is 17.8 Å². The summed E-state index contributed by atoms with van der Waals surface area (Å²) < 4.78 is 0. The molecule has 0 aliphatic heterocycles. The minimum Gasteiger partial charge on any atom is -0.481 e. The number of rotatable bonds is 9. The van der Waals surface area contributed by atoms with Crippen molar-refractivity contribution in [2.24, 2.45) is 5.92 Å². The summed E-state index contributed by atoms with van der Waals surface area (Å²) in [5, 5.41) is 19.8. The lowest BCUT2D eigenvalue weighted by Crippen LogP contribution is -2.36. The average Bonchev–Trinajstić information content (AvgIpc) is 2.62. The van der Waals surface area contributed by atoms with E-state index in [1.54, 1.807) is 0 Å². The second-order valence-electron chi connectivity index (χ2n) is 6.04. The lowest BCUT2D eigenvalue weighted by molar-refractivity contribution is -0.171. The highest BCUT2D eigenvalue weighted by molar-refractivity contribution is 5.76. The van der Waals surface area contributed by atoms with E-state index >= 15 is 0 Å². The van der Waals surface area contributed by atoms with Crippen molar-refractivity contribution in [1.82, 2.24) is 5.06 Å². The third kappa shape index (κ3) is 6.39. The molecule has 0 heterocycles. The van der Waals surface area contributed by atoms with Crippen LogP contribution in [0.5, 0.6) is 0 Å². The van der Waals surface area contributed by atoms with Crippen molar-refractivity contribution in [3.63, 3.8) is 0 Å². The normalized spacial score (nSPS) is 11.7. The highest BCUT2D eigenvalue weighted by Crippen LogP contribution is 2.12. The molecule has 132 valence electrons. The Morgan fingerprint density at radius 3 is 2.04 bits per heavy atom. The summed E-state index contributed by atoms with van der Waals surface area (Å²) in [5.74, 6) is -2.32. The highest BCUT2D eigenvalue weighted by atomic mass is 16.5. The molecule has 5 heteroatoms. The summed E-state index contributed by atoms with van der Waals surface area (Å²) in [4.78, 5) is 23.4. The zero-order chi connectivity index (χ0) is 18.1. The second-order valence-corrected chi connectivity index (χ2v) is 6.04. The van der Waals surface area contributed by atoms with Gasteiger partial charge in [0.25, 0.3) is 0 Å². The number of benzene rings is 2. The van der Waals surface area contributed by atoms with Gasteiger partial charge in [0.05, 0.1) is 12.5 Å². The molecule has 0 radical (unpaired) electrons. The lowest BCUT2D eigenvalue weighted by Gasteiger charge is -2.20. The van der Waals surface area contributed by atoms with E-state index in [0.717, 1.165) is 17.5 Å². The van der Waals surface area contributed by atoms with Crippen LogP contribution in [0.15, 0.2) is 60.7 Å². The monoisotopic (exact) mass is 341 g/mol. The van der Waals surface area contributed by atoms with Gasteiger partial charge in [0, 0.05) is 6.42 Å². The number of hydroxylamine groups is 2. The van der Waals surface area contributed by atoms with Crippen LogP contribution in [-0.2, 0) is 22.4 Å². The molecular weight excluding hydrogens is 318 g/mol. The SMILES string of the molecule is O=C(O)C(Cc1ccccc1)CN(O)C(=O)CCCc1ccccc1. The maximum atomic E-state index is 12.0. The first kappa shape index (κ1) is 18.7. The second kappa shape index (κ2) is 9.59. The number of aliphatic carboxylic acids is 1. The molecule has 0 saturated heterocycles. The van der Waals surface area contributed by atoms with Gasteiger partial charge in [-0.1, -0.05) is 60.7 Å². The summed E-state index contributed by atoms with van der Waals surface area (Å²) in [6.07, 6.45) is 1.80. The van der Waals surface area contributed by atoms with E-state index in [0.29, 0.717) is 11.5 Å². The van der Waals surface area contributed by atoms with Gasteiger partial charge in [-0.05, 0) is 30.4 Å².